The van der Waals surface area contributed by atoms with E-state index in [1.165, 1.54) is 6.07 Å². The van der Waals surface area contributed by atoms with E-state index in [1.54, 1.807) is 18.2 Å². The predicted octanol–water partition coefficient (Wildman–Crippen LogP) is 5.82. The maximum atomic E-state index is 13.2. The zero-order chi connectivity index (χ0) is 23.7. The second-order valence-electron chi connectivity index (χ2n) is 8.83. The number of amides is 1. The summed E-state index contributed by atoms with van der Waals surface area (Å²) >= 11 is 0. The number of nitrogens with zero attached hydrogens (tertiary/aromatic N) is 3. The van der Waals surface area contributed by atoms with Crippen LogP contribution >= 0.6 is 0 Å². The number of anilines is 2. The van der Waals surface area contributed by atoms with Gasteiger partial charge in [0, 0.05) is 18.7 Å². The van der Waals surface area contributed by atoms with Crippen molar-refractivity contribution in [3.63, 3.8) is 0 Å². The minimum absolute atomic E-state index is 0.194. The Kier molecular flexibility index (Phi) is 5.98. The number of carbonyl (C=O) groups excluding carboxylic acids is 1. The van der Waals surface area contributed by atoms with Gasteiger partial charge in [-0.2, -0.15) is 13.2 Å². The summed E-state index contributed by atoms with van der Waals surface area (Å²) in [5, 5.41) is 2.94. The lowest BCUT2D eigenvalue weighted by atomic mass is 9.85. The van der Waals surface area contributed by atoms with Crippen LogP contribution in [0.3, 0.4) is 0 Å². The molecule has 1 amide bonds. The summed E-state index contributed by atoms with van der Waals surface area (Å²) in [6.45, 7) is 1.92. The van der Waals surface area contributed by atoms with Gasteiger partial charge >= 0.3 is 6.18 Å². The number of aromatic nitrogens is 2. The number of hydrogen-bond acceptors (Lipinski definition) is 4. The van der Waals surface area contributed by atoms with Crippen LogP contribution in [0.1, 0.15) is 48.4 Å². The van der Waals surface area contributed by atoms with Crippen molar-refractivity contribution < 1.29 is 18.0 Å². The largest absolute Gasteiger partial charge is 0.416 e. The van der Waals surface area contributed by atoms with Gasteiger partial charge in [-0.25, -0.2) is 4.98 Å². The molecule has 0 bridgehead atoms. The Hall–Kier alpha value is -3.42. The number of aryl methyl sites for hydroxylation is 1. The molecule has 1 atom stereocenters. The van der Waals surface area contributed by atoms with Crippen molar-refractivity contribution >= 4 is 17.5 Å². The molecule has 1 unspecified atom stereocenters. The summed E-state index contributed by atoms with van der Waals surface area (Å²) in [6, 6.07) is 14.3. The van der Waals surface area contributed by atoms with Crippen LogP contribution in [-0.2, 0) is 17.4 Å². The molecule has 8 heteroatoms. The molecule has 5 nitrogen and oxygen atoms in total. The first-order valence-electron chi connectivity index (χ1n) is 11.6. The van der Waals surface area contributed by atoms with Crippen molar-refractivity contribution in [3.05, 3.63) is 71.4 Å². The molecule has 1 N–H and O–H groups in total. The molecule has 0 radical (unpaired) electrons. The van der Waals surface area contributed by atoms with Crippen molar-refractivity contribution in [1.29, 1.82) is 0 Å². The first-order chi connectivity index (χ1) is 16.4. The van der Waals surface area contributed by atoms with Crippen molar-refractivity contribution in [1.82, 2.24) is 9.97 Å². The minimum Gasteiger partial charge on any atom is -0.357 e. The predicted molar refractivity (Wildman–Crippen MR) is 125 cm³/mol. The number of fused-ring (bicyclic) bond motifs is 1. The Balaban J connectivity index is 1.40. The van der Waals surface area contributed by atoms with E-state index in [2.05, 4.69) is 20.2 Å². The van der Waals surface area contributed by atoms with Gasteiger partial charge in [0.25, 0.3) is 0 Å². The molecule has 5 rings (SSSR count). The van der Waals surface area contributed by atoms with Crippen molar-refractivity contribution in [3.8, 4) is 11.3 Å². The summed E-state index contributed by atoms with van der Waals surface area (Å²) < 4.78 is 39.5. The highest BCUT2D eigenvalue weighted by Gasteiger charge is 2.31. The van der Waals surface area contributed by atoms with Crippen LogP contribution in [0.4, 0.5) is 24.8 Å². The van der Waals surface area contributed by atoms with Crippen LogP contribution < -0.4 is 10.2 Å². The quantitative estimate of drug-likeness (QED) is 0.526. The monoisotopic (exact) mass is 466 g/mol. The first-order valence-corrected chi connectivity index (χ1v) is 11.6. The zero-order valence-electron chi connectivity index (χ0n) is 18.6. The summed E-state index contributed by atoms with van der Waals surface area (Å²) in [5.41, 5.74) is 1.68. The van der Waals surface area contributed by atoms with Crippen LogP contribution in [0.25, 0.3) is 11.3 Å². The van der Waals surface area contributed by atoms with Crippen molar-refractivity contribution in [2.75, 3.05) is 23.3 Å². The molecular weight excluding hydrogens is 441 g/mol. The lowest BCUT2D eigenvalue weighted by Crippen LogP contribution is -2.27. The second-order valence-corrected chi connectivity index (χ2v) is 8.83. The average Bonchev–Trinajstić information content (AvgIpc) is 3.38. The molecule has 1 saturated heterocycles. The number of nitrogens with one attached hydrogen (secondary N) is 1. The van der Waals surface area contributed by atoms with Gasteiger partial charge in [0.2, 0.25) is 5.91 Å². The highest BCUT2D eigenvalue weighted by atomic mass is 19.4. The molecular formula is C26H25F3N4O. The fraction of sp³-hybridized carbons (Fsp3) is 0.346. The number of rotatable bonds is 4. The summed E-state index contributed by atoms with van der Waals surface area (Å²) in [5.74, 6) is 0.673. The molecule has 2 aliphatic rings. The topological polar surface area (TPSA) is 58.1 Å². The lowest BCUT2D eigenvalue weighted by Gasteiger charge is -2.24. The first kappa shape index (κ1) is 22.4. The summed E-state index contributed by atoms with van der Waals surface area (Å²) in [4.78, 5) is 24.7. The van der Waals surface area contributed by atoms with Crippen molar-refractivity contribution in [2.24, 2.45) is 0 Å². The molecule has 1 aromatic carbocycles. The lowest BCUT2D eigenvalue weighted by molar-refractivity contribution is -0.137. The number of carbonyl (C=O) groups is 1. The van der Waals surface area contributed by atoms with Crippen LogP contribution in [0.2, 0.25) is 0 Å². The van der Waals surface area contributed by atoms with Crippen LogP contribution in [0.5, 0.6) is 0 Å². The number of halogens is 3. The Labute approximate surface area is 196 Å². The smallest absolute Gasteiger partial charge is 0.357 e. The van der Waals surface area contributed by atoms with E-state index >= 15 is 0 Å². The van der Waals surface area contributed by atoms with Gasteiger partial charge in [-0.3, -0.25) is 9.78 Å². The molecule has 1 aliphatic heterocycles. The molecule has 3 heterocycles. The van der Waals surface area contributed by atoms with E-state index in [-0.39, 0.29) is 5.91 Å². The Morgan fingerprint density at radius 1 is 0.971 bits per heavy atom. The summed E-state index contributed by atoms with van der Waals surface area (Å²) in [6.07, 6.45) is 0.107. The van der Waals surface area contributed by atoms with Gasteiger partial charge in [-0.05, 0) is 68.0 Å². The van der Waals surface area contributed by atoms with E-state index in [4.69, 9.17) is 0 Å². The van der Waals surface area contributed by atoms with E-state index in [1.807, 2.05) is 18.2 Å². The third-order valence-corrected chi connectivity index (χ3v) is 6.50. The SMILES string of the molecule is O=C(Nc1cccc(N2CCCC2)n1)C1CCCc2ccc(-c3cccc(C(F)(F)F)c3)nc21. The van der Waals surface area contributed by atoms with Crippen LogP contribution in [-0.4, -0.2) is 29.0 Å². The molecule has 1 aliphatic carbocycles. The van der Waals surface area contributed by atoms with E-state index in [9.17, 15) is 18.0 Å². The fourth-order valence-corrected chi connectivity index (χ4v) is 4.75. The molecule has 0 saturated carbocycles. The number of benzene rings is 1. The normalized spacial score (nSPS) is 18.0. The van der Waals surface area contributed by atoms with Gasteiger partial charge in [0.05, 0.1) is 22.9 Å². The number of alkyl halides is 3. The molecule has 34 heavy (non-hydrogen) atoms. The molecule has 0 spiro atoms. The van der Waals surface area contributed by atoms with Gasteiger partial charge in [0.1, 0.15) is 11.6 Å². The average molecular weight is 467 g/mol. The molecule has 2 aromatic heterocycles. The second kappa shape index (κ2) is 9.08. The maximum absolute atomic E-state index is 13.2. The summed E-state index contributed by atoms with van der Waals surface area (Å²) in [7, 11) is 0. The minimum atomic E-state index is -4.43. The third kappa shape index (κ3) is 4.62. The van der Waals surface area contributed by atoms with Crippen LogP contribution in [0.15, 0.2) is 54.6 Å². The van der Waals surface area contributed by atoms with E-state index < -0.39 is 17.7 Å². The third-order valence-electron chi connectivity index (χ3n) is 6.50. The van der Waals surface area contributed by atoms with Gasteiger partial charge in [-0.15, -0.1) is 0 Å². The van der Waals surface area contributed by atoms with Gasteiger partial charge in [-0.1, -0.05) is 24.3 Å². The highest BCUT2D eigenvalue weighted by Crippen LogP contribution is 2.35. The highest BCUT2D eigenvalue weighted by molar-refractivity contribution is 5.95. The standard InChI is InChI=1S/C26H25F3N4O/c27-26(28,29)19-8-3-7-18(16-19)21-13-12-17-6-4-9-20(24(17)30-21)25(34)32-22-10-5-11-23(31-22)33-14-1-2-15-33/h3,5,7-8,10-13,16,20H,1-2,4,6,9,14-15H2,(H,31,32,34). The van der Waals surface area contributed by atoms with E-state index in [0.29, 0.717) is 29.2 Å². The Bertz CT molecular complexity index is 1200. The van der Waals surface area contributed by atoms with Gasteiger partial charge in [0.15, 0.2) is 0 Å². The number of pyridine rings is 2. The maximum Gasteiger partial charge on any atom is 0.416 e. The van der Waals surface area contributed by atoms with Crippen LogP contribution in [0, 0.1) is 0 Å². The van der Waals surface area contributed by atoms with E-state index in [0.717, 1.165) is 62.3 Å². The molecule has 3 aromatic rings. The molecule has 176 valence electrons. The van der Waals surface area contributed by atoms with Gasteiger partial charge < -0.3 is 10.2 Å². The Morgan fingerprint density at radius 2 is 1.76 bits per heavy atom. The molecule has 1 fully saturated rings. The van der Waals surface area contributed by atoms with Crippen molar-refractivity contribution in [2.45, 2.75) is 44.2 Å². The fourth-order valence-electron chi connectivity index (χ4n) is 4.75. The zero-order valence-corrected chi connectivity index (χ0v) is 18.6. The number of hydrogen-bond donors (Lipinski definition) is 1. The Morgan fingerprint density at radius 3 is 2.56 bits per heavy atom.